The maximum Gasteiger partial charge on any atom is 0.386 e. The molecule has 3 N–H and O–H groups in total. The summed E-state index contributed by atoms with van der Waals surface area (Å²) in [4.78, 5) is 6.40. The lowest BCUT2D eigenvalue weighted by Gasteiger charge is -2.17. The Balaban J connectivity index is 0.000000217. The number of nitrogen functional groups attached to an aromatic ring is 1. The molecule has 0 aliphatic carbocycles. The summed E-state index contributed by atoms with van der Waals surface area (Å²) in [5.74, 6) is 0.447. The third-order valence-corrected chi connectivity index (χ3v) is 0.627. The lowest BCUT2D eigenvalue weighted by Crippen LogP contribution is -2.68. The highest BCUT2D eigenvalue weighted by Gasteiger charge is 1.85. The first-order chi connectivity index (χ1) is 5.39. The number of nitrogens with one attached hydrogen (secondary N) is 1. The average molecular weight is 196 g/mol. The van der Waals surface area contributed by atoms with E-state index in [1.807, 2.05) is 0 Å². The van der Waals surface area contributed by atoms with Gasteiger partial charge in [-0.25, -0.2) is 23.6 Å². The van der Waals surface area contributed by atoms with Gasteiger partial charge in [-0.3, -0.25) is 5.73 Å². The van der Waals surface area contributed by atoms with E-state index >= 15 is 0 Å². The summed E-state index contributed by atoms with van der Waals surface area (Å²) in [6.07, 6.45) is 3.36. The number of hydrogen-bond donors (Lipinski definition) is 1. The monoisotopic (exact) mass is 195 g/mol. The molecule has 12 heavy (non-hydrogen) atoms. The Morgan fingerprint density at radius 1 is 1.33 bits per heavy atom. The fraction of sp³-hybridized carbons (Fsp3) is 0. The van der Waals surface area contributed by atoms with Crippen molar-refractivity contribution in [2.45, 2.75) is 0 Å². The molecule has 0 saturated heterocycles. The van der Waals surface area contributed by atoms with Gasteiger partial charge in [0.05, 0.1) is 6.20 Å². The van der Waals surface area contributed by atoms with Gasteiger partial charge in [0.25, 0.3) is 0 Å². The highest BCUT2D eigenvalue weighted by atomic mass is 35.7. The van der Waals surface area contributed by atoms with Crippen molar-refractivity contribution in [3.63, 3.8) is 0 Å². The first-order valence-electron chi connectivity index (χ1n) is 2.59. The van der Waals surface area contributed by atoms with Gasteiger partial charge in [-0.1, -0.05) is 4.98 Å². The second-order valence-electron chi connectivity index (χ2n) is 1.54. The summed E-state index contributed by atoms with van der Waals surface area (Å²) >= 11 is 0. The Hall–Kier alpha value is -0.990. The summed E-state index contributed by atoms with van der Waals surface area (Å²) in [5.41, 5.74) is 5.19. The van der Waals surface area contributed by atoms with E-state index in [2.05, 4.69) is 9.97 Å². The van der Waals surface area contributed by atoms with Crippen molar-refractivity contribution in [3.8, 4) is 0 Å². The molecule has 0 aliphatic rings. The van der Waals surface area contributed by atoms with Crippen LogP contribution in [0, 0.1) is 10.2 Å². The molecule has 1 rings (SSSR count). The average Bonchev–Trinajstić information content (AvgIpc) is 1.85. The number of hydrogen-bond acceptors (Lipinski definition) is 6. The summed E-state index contributed by atoms with van der Waals surface area (Å²) in [6.45, 7) is 0. The minimum absolute atomic E-state index is 0.447. The van der Waals surface area contributed by atoms with E-state index in [9.17, 15) is 0 Å². The number of nitrogens with zero attached hydrogens (tertiary/aromatic N) is 1. The summed E-state index contributed by atoms with van der Waals surface area (Å²) in [5, 5.41) is 0. The summed E-state index contributed by atoms with van der Waals surface area (Å²) < 4.78 is 34.0. The maximum absolute atomic E-state index is 8.49. The Morgan fingerprint density at radius 3 is 2.00 bits per heavy atom. The molecule has 0 bridgehead atoms. The number of halogens is 1. The van der Waals surface area contributed by atoms with Crippen LogP contribution in [0.5, 0.6) is 0 Å². The van der Waals surface area contributed by atoms with Crippen LogP contribution in [0.1, 0.15) is 0 Å². The summed E-state index contributed by atoms with van der Waals surface area (Å²) in [7, 11) is -4.94. The molecule has 0 atom stereocenters. The molecule has 0 unspecified atom stereocenters. The van der Waals surface area contributed by atoms with Crippen molar-refractivity contribution >= 4 is 5.95 Å². The first-order valence-corrected chi connectivity index (χ1v) is 3.83. The van der Waals surface area contributed by atoms with E-state index in [1.54, 1.807) is 18.5 Å². The van der Waals surface area contributed by atoms with E-state index in [4.69, 9.17) is 24.4 Å². The van der Waals surface area contributed by atoms with Crippen LogP contribution < -0.4 is 29.4 Å². The first kappa shape index (κ1) is 11.0. The van der Waals surface area contributed by atoms with Crippen molar-refractivity contribution in [1.82, 2.24) is 4.98 Å². The molecule has 0 radical (unpaired) electrons. The molecular weight excluding hydrogens is 190 g/mol. The Bertz CT molecular complexity index is 207. The third kappa shape index (κ3) is 11.8. The normalized spacial score (nSPS) is 10.0. The van der Waals surface area contributed by atoms with Gasteiger partial charge in [-0.15, -0.1) is 10.2 Å². The molecule has 0 aromatic carbocycles. The van der Waals surface area contributed by atoms with Gasteiger partial charge < -0.3 is 0 Å². The van der Waals surface area contributed by atoms with Gasteiger partial charge in [0.1, 0.15) is 6.20 Å². The van der Waals surface area contributed by atoms with Crippen LogP contribution in [0.4, 0.5) is 5.95 Å². The van der Waals surface area contributed by atoms with Gasteiger partial charge in [-0.2, -0.15) is 0 Å². The van der Waals surface area contributed by atoms with Crippen molar-refractivity contribution in [2.24, 2.45) is 0 Å². The van der Waals surface area contributed by atoms with Crippen LogP contribution in [0.3, 0.4) is 0 Å². The van der Waals surface area contributed by atoms with Crippen LogP contribution >= 0.6 is 0 Å². The minimum atomic E-state index is -4.94. The Labute approximate surface area is 69.9 Å². The molecular formula is C4H6ClN3O4. The Kier molecular flexibility index (Phi) is 4.40. The summed E-state index contributed by atoms with van der Waals surface area (Å²) in [6, 6.07) is 1.77. The molecule has 68 valence electrons. The van der Waals surface area contributed by atoms with E-state index in [0.717, 1.165) is 0 Å². The van der Waals surface area contributed by atoms with Gasteiger partial charge in [0, 0.05) is 6.07 Å². The van der Waals surface area contributed by atoms with E-state index in [-0.39, 0.29) is 0 Å². The zero-order valence-electron chi connectivity index (χ0n) is 5.77. The number of H-pyrrole nitrogens is 1. The molecule has 1 aromatic heterocycles. The second kappa shape index (κ2) is 4.80. The van der Waals surface area contributed by atoms with Crippen molar-refractivity contribution in [2.75, 3.05) is 5.73 Å². The third-order valence-electron chi connectivity index (χ3n) is 0.627. The lowest BCUT2D eigenvalue weighted by atomic mass is 10.7. The SMILES string of the molecule is Nc1nccc[nH+]1.[O-][Cl+3]([O-])([O-])[O-]. The van der Waals surface area contributed by atoms with Crippen LogP contribution in [0.25, 0.3) is 0 Å². The van der Waals surface area contributed by atoms with Crippen molar-refractivity contribution < 1.29 is 33.9 Å². The second-order valence-corrected chi connectivity index (χ2v) is 2.30. The van der Waals surface area contributed by atoms with E-state index in [0.29, 0.717) is 5.95 Å². The quantitative estimate of drug-likeness (QED) is 0.438. The topological polar surface area (TPSA) is 145 Å². The maximum atomic E-state index is 8.49. The number of nitrogens with two attached hydrogens (primary N) is 1. The zero-order valence-corrected chi connectivity index (χ0v) is 6.52. The fourth-order valence-electron chi connectivity index (χ4n) is 0.337. The standard InChI is InChI=1S/C4H5N3.ClHO4/c5-4-6-2-1-3-7-4;2-1(3,4)5/h1-3H,(H2,5,6,7);(H,2,3,4,5). The van der Waals surface area contributed by atoms with Crippen molar-refractivity contribution in [1.29, 1.82) is 0 Å². The number of aromatic nitrogens is 2. The van der Waals surface area contributed by atoms with Crippen molar-refractivity contribution in [3.05, 3.63) is 18.5 Å². The van der Waals surface area contributed by atoms with Crippen LogP contribution in [0.15, 0.2) is 18.5 Å². The molecule has 0 amide bonds. The van der Waals surface area contributed by atoms with Crippen LogP contribution in [-0.4, -0.2) is 4.98 Å². The Morgan fingerprint density at radius 2 is 1.83 bits per heavy atom. The molecule has 1 heterocycles. The highest BCUT2D eigenvalue weighted by Crippen LogP contribution is 1.74. The minimum Gasteiger partial charge on any atom is -0.287 e. The number of anilines is 1. The van der Waals surface area contributed by atoms with Gasteiger partial charge in [0.2, 0.25) is 0 Å². The number of aromatic amines is 1. The lowest BCUT2D eigenvalue weighted by molar-refractivity contribution is -2.00. The van der Waals surface area contributed by atoms with Crippen LogP contribution in [0.2, 0.25) is 0 Å². The predicted molar refractivity (Wildman–Crippen MR) is 25.2 cm³/mol. The predicted octanol–water partition coefficient (Wildman–Crippen LogP) is -5.28. The van der Waals surface area contributed by atoms with E-state index in [1.165, 1.54) is 0 Å². The molecule has 0 spiro atoms. The molecule has 7 nitrogen and oxygen atoms in total. The molecule has 0 aliphatic heterocycles. The largest absolute Gasteiger partial charge is 0.386 e. The van der Waals surface area contributed by atoms with Gasteiger partial charge >= 0.3 is 5.95 Å². The van der Waals surface area contributed by atoms with Gasteiger partial charge in [-0.05, 0) is 0 Å². The van der Waals surface area contributed by atoms with Crippen LogP contribution in [-0.2, 0) is 0 Å². The molecule has 0 fully saturated rings. The van der Waals surface area contributed by atoms with Gasteiger partial charge in [0.15, 0.2) is 0 Å². The number of rotatable bonds is 0. The molecule has 1 aromatic rings. The molecule has 0 saturated carbocycles. The fourth-order valence-corrected chi connectivity index (χ4v) is 0.337. The smallest absolute Gasteiger partial charge is 0.287 e. The van der Waals surface area contributed by atoms with E-state index < -0.39 is 10.2 Å². The molecule has 8 heteroatoms. The zero-order chi connectivity index (χ0) is 9.61. The highest BCUT2D eigenvalue weighted by molar-refractivity contribution is 5.01.